The number of ketones is 1. The van der Waals surface area contributed by atoms with Gasteiger partial charge in [-0.25, -0.2) is 8.42 Å². The molecule has 0 spiro atoms. The Morgan fingerprint density at radius 1 is 1.28 bits per heavy atom. The van der Waals surface area contributed by atoms with Crippen molar-refractivity contribution in [2.75, 3.05) is 4.72 Å². The number of nitrogens with one attached hydrogen (secondary N) is 1. The van der Waals surface area contributed by atoms with Crippen molar-refractivity contribution >= 4 is 32.8 Å². The number of nitriles is 1. The highest BCUT2D eigenvalue weighted by Crippen LogP contribution is 2.35. The van der Waals surface area contributed by atoms with E-state index in [4.69, 9.17) is 0 Å². The molecule has 0 aliphatic heterocycles. The monoisotopic (exact) mass is 376 g/mol. The standard InChI is InChI=1S/C18H20N2O3S2/c1-5-15(21)12-7-6-8-13(9-12)25(22,23)20-14-10-17(18(2,3)4)24-16(14)11-19/h6-10,20H,5H2,1-4H3. The van der Waals surface area contributed by atoms with Crippen LogP contribution in [0.4, 0.5) is 5.69 Å². The van der Waals surface area contributed by atoms with Crippen LogP contribution in [-0.2, 0) is 15.4 Å². The van der Waals surface area contributed by atoms with Gasteiger partial charge in [0.25, 0.3) is 10.0 Å². The van der Waals surface area contributed by atoms with Crippen LogP contribution in [0.5, 0.6) is 0 Å². The van der Waals surface area contributed by atoms with Crippen molar-refractivity contribution in [3.05, 3.63) is 45.6 Å². The lowest BCUT2D eigenvalue weighted by Gasteiger charge is -2.15. The number of carbonyl (C=O) groups excluding carboxylic acids is 1. The highest BCUT2D eigenvalue weighted by atomic mass is 32.2. The Balaban J connectivity index is 2.42. The van der Waals surface area contributed by atoms with Crippen LogP contribution in [0.3, 0.4) is 0 Å². The van der Waals surface area contributed by atoms with Crippen LogP contribution in [0.25, 0.3) is 0 Å². The smallest absolute Gasteiger partial charge is 0.261 e. The second-order valence-corrected chi connectivity index (χ2v) is 9.36. The number of hydrogen-bond acceptors (Lipinski definition) is 5. The zero-order valence-corrected chi connectivity index (χ0v) is 16.2. The summed E-state index contributed by atoms with van der Waals surface area (Å²) >= 11 is 1.27. The topological polar surface area (TPSA) is 87.0 Å². The van der Waals surface area contributed by atoms with Gasteiger partial charge in [-0.05, 0) is 23.6 Å². The number of hydrogen-bond donors (Lipinski definition) is 1. The van der Waals surface area contributed by atoms with E-state index in [0.717, 1.165) is 4.88 Å². The van der Waals surface area contributed by atoms with Gasteiger partial charge in [0.1, 0.15) is 10.9 Å². The molecule has 0 amide bonds. The Morgan fingerprint density at radius 2 is 1.96 bits per heavy atom. The fourth-order valence-electron chi connectivity index (χ4n) is 2.16. The van der Waals surface area contributed by atoms with E-state index in [9.17, 15) is 18.5 Å². The summed E-state index contributed by atoms with van der Waals surface area (Å²) in [5, 5.41) is 9.29. The summed E-state index contributed by atoms with van der Waals surface area (Å²) in [4.78, 5) is 13.0. The van der Waals surface area contributed by atoms with Gasteiger partial charge in [0, 0.05) is 16.9 Å². The molecule has 132 valence electrons. The van der Waals surface area contributed by atoms with Gasteiger partial charge in [-0.3, -0.25) is 9.52 Å². The molecule has 0 unspecified atom stereocenters. The quantitative estimate of drug-likeness (QED) is 0.788. The zero-order valence-electron chi connectivity index (χ0n) is 14.6. The summed E-state index contributed by atoms with van der Waals surface area (Å²) in [5.74, 6) is -0.125. The fraction of sp³-hybridized carbons (Fsp3) is 0.333. The predicted octanol–water partition coefficient (Wildman–Crippen LogP) is 4.31. The summed E-state index contributed by atoms with van der Waals surface area (Å²) in [6.45, 7) is 7.72. The molecule has 0 saturated carbocycles. The summed E-state index contributed by atoms with van der Waals surface area (Å²) in [6.07, 6.45) is 0.301. The molecule has 5 nitrogen and oxygen atoms in total. The molecule has 1 aromatic carbocycles. The van der Waals surface area contributed by atoms with Gasteiger partial charge in [0.05, 0.1) is 10.6 Å². The molecule has 0 aliphatic rings. The highest BCUT2D eigenvalue weighted by molar-refractivity contribution is 7.92. The molecule has 25 heavy (non-hydrogen) atoms. The Bertz CT molecular complexity index is 945. The third-order valence-electron chi connectivity index (χ3n) is 3.60. The molecule has 0 aliphatic carbocycles. The van der Waals surface area contributed by atoms with E-state index in [1.807, 2.05) is 26.8 Å². The highest BCUT2D eigenvalue weighted by Gasteiger charge is 2.23. The Labute approximate surface area is 152 Å². The van der Waals surface area contributed by atoms with Crippen LogP contribution >= 0.6 is 11.3 Å². The summed E-state index contributed by atoms with van der Waals surface area (Å²) in [7, 11) is -3.89. The van der Waals surface area contributed by atoms with E-state index in [1.54, 1.807) is 19.1 Å². The minimum Gasteiger partial charge on any atom is -0.294 e. The molecule has 2 rings (SSSR count). The van der Waals surface area contributed by atoms with Gasteiger partial charge in [0.15, 0.2) is 5.78 Å². The molecule has 0 fully saturated rings. The molecule has 7 heteroatoms. The SMILES string of the molecule is CCC(=O)c1cccc(S(=O)(=O)Nc2cc(C(C)(C)C)sc2C#N)c1. The average molecular weight is 377 g/mol. The number of anilines is 1. The Morgan fingerprint density at radius 3 is 2.52 bits per heavy atom. The lowest BCUT2D eigenvalue weighted by molar-refractivity contribution is 0.0988. The Kier molecular flexibility index (Phi) is 5.35. The molecule has 0 saturated heterocycles. The van der Waals surface area contributed by atoms with Crippen LogP contribution < -0.4 is 4.72 Å². The number of rotatable bonds is 5. The summed E-state index contributed by atoms with van der Waals surface area (Å²) in [6, 6.07) is 9.65. The second kappa shape index (κ2) is 6.98. The van der Waals surface area contributed by atoms with Crippen molar-refractivity contribution in [2.45, 2.75) is 44.4 Å². The first-order valence-electron chi connectivity index (χ1n) is 7.79. The van der Waals surface area contributed by atoms with Gasteiger partial charge >= 0.3 is 0 Å². The zero-order chi connectivity index (χ0) is 18.8. The van der Waals surface area contributed by atoms with E-state index >= 15 is 0 Å². The van der Waals surface area contributed by atoms with Crippen molar-refractivity contribution in [3.63, 3.8) is 0 Å². The minimum absolute atomic E-state index is 0.000742. The van der Waals surface area contributed by atoms with Crippen LogP contribution in [0.2, 0.25) is 0 Å². The molecule has 1 N–H and O–H groups in total. The van der Waals surface area contributed by atoms with Gasteiger partial charge < -0.3 is 0 Å². The average Bonchev–Trinajstić information content (AvgIpc) is 2.96. The molecule has 0 radical (unpaired) electrons. The third-order valence-corrected chi connectivity index (χ3v) is 6.43. The molecular formula is C18H20N2O3S2. The summed E-state index contributed by atoms with van der Waals surface area (Å²) < 4.78 is 27.8. The van der Waals surface area contributed by atoms with Gasteiger partial charge in [-0.15, -0.1) is 11.3 Å². The van der Waals surface area contributed by atoms with Gasteiger partial charge in [-0.1, -0.05) is 39.8 Å². The van der Waals surface area contributed by atoms with Gasteiger partial charge in [0.2, 0.25) is 0 Å². The number of Topliss-reactive ketones (excluding diaryl/α,β-unsaturated/α-hetero) is 1. The van der Waals surface area contributed by atoms with E-state index in [0.29, 0.717) is 16.9 Å². The number of thiophene rings is 1. The number of nitrogens with zero attached hydrogens (tertiary/aromatic N) is 1. The van der Waals surface area contributed by atoms with Crippen LogP contribution in [-0.4, -0.2) is 14.2 Å². The van der Waals surface area contributed by atoms with Crippen molar-refractivity contribution in [2.24, 2.45) is 0 Å². The van der Waals surface area contributed by atoms with Crippen molar-refractivity contribution in [3.8, 4) is 6.07 Å². The number of sulfonamides is 1. The number of benzene rings is 1. The molecule has 2 aromatic rings. The van der Waals surface area contributed by atoms with Crippen molar-refractivity contribution in [1.29, 1.82) is 5.26 Å². The molecule has 1 aromatic heterocycles. The third kappa shape index (κ3) is 4.27. The van der Waals surface area contributed by atoms with Crippen LogP contribution in [0.15, 0.2) is 35.2 Å². The van der Waals surface area contributed by atoms with Crippen LogP contribution in [0, 0.1) is 11.3 Å². The molecular weight excluding hydrogens is 356 g/mol. The largest absolute Gasteiger partial charge is 0.294 e. The summed E-state index contributed by atoms with van der Waals surface area (Å²) in [5.41, 5.74) is 0.434. The normalized spacial score (nSPS) is 11.8. The van der Waals surface area contributed by atoms with Crippen molar-refractivity contribution in [1.82, 2.24) is 0 Å². The van der Waals surface area contributed by atoms with E-state index in [-0.39, 0.29) is 21.8 Å². The lowest BCUT2D eigenvalue weighted by Crippen LogP contribution is -2.14. The second-order valence-electron chi connectivity index (χ2n) is 6.63. The van der Waals surface area contributed by atoms with E-state index in [1.165, 1.54) is 29.5 Å². The van der Waals surface area contributed by atoms with Crippen molar-refractivity contribution < 1.29 is 13.2 Å². The minimum atomic E-state index is -3.89. The Hall–Kier alpha value is -2.17. The maximum Gasteiger partial charge on any atom is 0.261 e. The maximum atomic E-state index is 12.7. The lowest BCUT2D eigenvalue weighted by atomic mass is 9.95. The first kappa shape index (κ1) is 19.2. The molecule has 1 heterocycles. The predicted molar refractivity (Wildman–Crippen MR) is 99.6 cm³/mol. The number of carbonyl (C=O) groups is 1. The first-order chi connectivity index (χ1) is 11.6. The van der Waals surface area contributed by atoms with E-state index < -0.39 is 10.0 Å². The van der Waals surface area contributed by atoms with E-state index in [2.05, 4.69) is 4.72 Å². The fourth-order valence-corrected chi connectivity index (χ4v) is 4.31. The van der Waals surface area contributed by atoms with Gasteiger partial charge in [-0.2, -0.15) is 5.26 Å². The van der Waals surface area contributed by atoms with Crippen LogP contribution in [0.1, 0.15) is 54.2 Å². The molecule has 0 bridgehead atoms. The maximum absolute atomic E-state index is 12.7. The molecule has 0 atom stereocenters. The first-order valence-corrected chi connectivity index (χ1v) is 10.1.